The maximum atomic E-state index is 12.2. The number of halogens is 1. The summed E-state index contributed by atoms with van der Waals surface area (Å²) in [5.74, 6) is -0.245. The number of nitrogens with one attached hydrogen (secondary N) is 1. The van der Waals surface area contributed by atoms with E-state index in [0.717, 1.165) is 5.56 Å². The highest BCUT2D eigenvalue weighted by molar-refractivity contribution is 6.32. The molecule has 2 amide bonds. The number of hydrogen-bond acceptors (Lipinski definition) is 2. The van der Waals surface area contributed by atoms with E-state index in [1.165, 1.54) is 6.08 Å². The zero-order chi connectivity index (χ0) is 14.5. The number of rotatable bonds is 3. The van der Waals surface area contributed by atoms with Crippen molar-refractivity contribution in [1.82, 2.24) is 10.2 Å². The Morgan fingerprint density at radius 3 is 2.95 bits per heavy atom. The van der Waals surface area contributed by atoms with Crippen LogP contribution in [0.4, 0.5) is 0 Å². The van der Waals surface area contributed by atoms with Gasteiger partial charge in [0, 0.05) is 24.2 Å². The topological polar surface area (TPSA) is 49.4 Å². The second-order valence-corrected chi connectivity index (χ2v) is 5.01. The predicted molar refractivity (Wildman–Crippen MR) is 79.3 cm³/mol. The van der Waals surface area contributed by atoms with Gasteiger partial charge >= 0.3 is 0 Å². The Labute approximate surface area is 123 Å². The molecule has 1 fully saturated rings. The molecule has 1 aromatic carbocycles. The lowest BCUT2D eigenvalue weighted by Crippen LogP contribution is -2.56. The minimum absolute atomic E-state index is 0.0850. The minimum atomic E-state index is -0.382. The van der Waals surface area contributed by atoms with Crippen LogP contribution >= 0.6 is 11.6 Å². The fourth-order valence-corrected chi connectivity index (χ4v) is 2.45. The fraction of sp³-hybridized carbons (Fsp3) is 0.333. The number of amides is 2. The normalized spacial score (nSPS) is 19.2. The number of carbonyl (C=O) groups is 2. The second kappa shape index (κ2) is 6.57. The van der Waals surface area contributed by atoms with Gasteiger partial charge < -0.3 is 10.2 Å². The van der Waals surface area contributed by atoms with Crippen LogP contribution in [0, 0.1) is 0 Å². The van der Waals surface area contributed by atoms with E-state index in [1.54, 1.807) is 17.0 Å². The molecule has 0 aliphatic carbocycles. The quantitative estimate of drug-likeness (QED) is 0.867. The number of nitrogens with zero attached hydrogens (tertiary/aromatic N) is 1. The first-order valence-corrected chi connectivity index (χ1v) is 7.02. The summed E-state index contributed by atoms with van der Waals surface area (Å²) in [4.78, 5) is 25.5. The molecular formula is C15H17ClN2O2. The highest BCUT2D eigenvalue weighted by Crippen LogP contribution is 2.17. The molecule has 1 N–H and O–H groups in total. The van der Waals surface area contributed by atoms with Gasteiger partial charge in [0.25, 0.3) is 0 Å². The third kappa shape index (κ3) is 3.20. The summed E-state index contributed by atoms with van der Waals surface area (Å²) < 4.78 is 0. The lowest BCUT2D eigenvalue weighted by molar-refractivity contribution is -0.140. The maximum Gasteiger partial charge on any atom is 0.247 e. The van der Waals surface area contributed by atoms with Gasteiger partial charge in [-0.3, -0.25) is 9.59 Å². The van der Waals surface area contributed by atoms with Crippen LogP contribution < -0.4 is 5.32 Å². The standard InChI is InChI=1S/C15H17ClN2O2/c1-2-13-15(20)17-9-10-18(13)14(19)8-7-11-5-3-4-6-12(11)16/h3-8,13H,2,9-10H2,1H3,(H,17,20). The maximum absolute atomic E-state index is 12.2. The molecule has 1 unspecified atom stereocenters. The van der Waals surface area contributed by atoms with E-state index < -0.39 is 0 Å². The van der Waals surface area contributed by atoms with Gasteiger partial charge in [0.15, 0.2) is 0 Å². The summed E-state index contributed by atoms with van der Waals surface area (Å²) in [6.45, 7) is 2.94. The van der Waals surface area contributed by atoms with E-state index in [2.05, 4.69) is 5.32 Å². The van der Waals surface area contributed by atoms with Crippen LogP contribution in [0.25, 0.3) is 6.08 Å². The number of carbonyl (C=O) groups excluding carboxylic acids is 2. The van der Waals surface area contributed by atoms with Gasteiger partial charge in [-0.1, -0.05) is 36.7 Å². The highest BCUT2D eigenvalue weighted by Gasteiger charge is 2.30. The van der Waals surface area contributed by atoms with E-state index in [0.29, 0.717) is 24.5 Å². The average molecular weight is 293 g/mol. The average Bonchev–Trinajstić information content (AvgIpc) is 2.46. The smallest absolute Gasteiger partial charge is 0.247 e. The fourth-order valence-electron chi connectivity index (χ4n) is 2.25. The lowest BCUT2D eigenvalue weighted by atomic mass is 10.1. The Morgan fingerprint density at radius 1 is 1.50 bits per heavy atom. The Hall–Kier alpha value is -1.81. The van der Waals surface area contributed by atoms with Crippen molar-refractivity contribution in [3.63, 3.8) is 0 Å². The molecule has 4 nitrogen and oxygen atoms in total. The van der Waals surface area contributed by atoms with Gasteiger partial charge in [0.05, 0.1) is 0 Å². The molecular weight excluding hydrogens is 276 g/mol. The molecule has 20 heavy (non-hydrogen) atoms. The van der Waals surface area contributed by atoms with Crippen LogP contribution in [0.3, 0.4) is 0 Å². The van der Waals surface area contributed by atoms with Gasteiger partial charge in [0.2, 0.25) is 11.8 Å². The molecule has 106 valence electrons. The van der Waals surface area contributed by atoms with Crippen molar-refractivity contribution in [2.45, 2.75) is 19.4 Å². The first-order chi connectivity index (χ1) is 9.63. The number of hydrogen-bond donors (Lipinski definition) is 1. The first kappa shape index (κ1) is 14.6. The summed E-state index contributed by atoms with van der Waals surface area (Å²) in [6, 6.07) is 6.93. The molecule has 1 heterocycles. The van der Waals surface area contributed by atoms with E-state index >= 15 is 0 Å². The van der Waals surface area contributed by atoms with Crippen molar-refractivity contribution in [3.05, 3.63) is 40.9 Å². The molecule has 0 aromatic heterocycles. The van der Waals surface area contributed by atoms with Crippen molar-refractivity contribution in [2.24, 2.45) is 0 Å². The molecule has 0 radical (unpaired) electrons. The second-order valence-electron chi connectivity index (χ2n) is 4.60. The van der Waals surface area contributed by atoms with Crippen molar-refractivity contribution in [3.8, 4) is 0 Å². The van der Waals surface area contributed by atoms with Crippen LogP contribution in [0.5, 0.6) is 0 Å². The van der Waals surface area contributed by atoms with Crippen molar-refractivity contribution in [2.75, 3.05) is 13.1 Å². The Morgan fingerprint density at radius 2 is 2.25 bits per heavy atom. The summed E-state index contributed by atoms with van der Waals surface area (Å²) in [5, 5.41) is 3.37. The third-order valence-corrected chi connectivity index (χ3v) is 3.66. The molecule has 1 saturated heterocycles. The molecule has 1 aromatic rings. The van der Waals surface area contributed by atoms with Crippen LogP contribution in [0.15, 0.2) is 30.3 Å². The molecule has 1 aliphatic rings. The lowest BCUT2D eigenvalue weighted by Gasteiger charge is -2.33. The Bertz CT molecular complexity index is 542. The Balaban J connectivity index is 2.11. The van der Waals surface area contributed by atoms with E-state index in [4.69, 9.17) is 11.6 Å². The zero-order valence-electron chi connectivity index (χ0n) is 11.3. The number of benzene rings is 1. The van der Waals surface area contributed by atoms with Crippen LogP contribution in [-0.4, -0.2) is 35.8 Å². The molecule has 5 heteroatoms. The third-order valence-electron chi connectivity index (χ3n) is 3.31. The molecule has 1 aliphatic heterocycles. The van der Waals surface area contributed by atoms with Gasteiger partial charge in [0.1, 0.15) is 6.04 Å². The summed E-state index contributed by atoms with van der Waals surface area (Å²) in [7, 11) is 0. The van der Waals surface area contributed by atoms with E-state index in [1.807, 2.05) is 25.1 Å². The van der Waals surface area contributed by atoms with Gasteiger partial charge in [-0.25, -0.2) is 0 Å². The molecule has 0 saturated carbocycles. The van der Waals surface area contributed by atoms with Gasteiger partial charge in [-0.2, -0.15) is 0 Å². The van der Waals surface area contributed by atoms with Gasteiger partial charge in [-0.05, 0) is 24.1 Å². The van der Waals surface area contributed by atoms with Crippen LogP contribution in [-0.2, 0) is 9.59 Å². The van der Waals surface area contributed by atoms with Crippen molar-refractivity contribution >= 4 is 29.5 Å². The van der Waals surface area contributed by atoms with E-state index in [9.17, 15) is 9.59 Å². The van der Waals surface area contributed by atoms with Crippen molar-refractivity contribution < 1.29 is 9.59 Å². The zero-order valence-corrected chi connectivity index (χ0v) is 12.1. The van der Waals surface area contributed by atoms with E-state index in [-0.39, 0.29) is 17.9 Å². The Kier molecular flexibility index (Phi) is 4.79. The number of piperazine rings is 1. The van der Waals surface area contributed by atoms with Crippen LogP contribution in [0.1, 0.15) is 18.9 Å². The monoisotopic (exact) mass is 292 g/mol. The summed E-state index contributed by atoms with van der Waals surface area (Å²) >= 11 is 6.03. The van der Waals surface area contributed by atoms with Gasteiger partial charge in [-0.15, -0.1) is 0 Å². The minimum Gasteiger partial charge on any atom is -0.353 e. The highest BCUT2D eigenvalue weighted by atomic mass is 35.5. The largest absolute Gasteiger partial charge is 0.353 e. The molecule has 0 spiro atoms. The van der Waals surface area contributed by atoms with Crippen LogP contribution in [0.2, 0.25) is 5.02 Å². The molecule has 1 atom stereocenters. The SMILES string of the molecule is CCC1C(=O)NCCN1C(=O)C=Cc1ccccc1Cl. The van der Waals surface area contributed by atoms with Crippen molar-refractivity contribution in [1.29, 1.82) is 0 Å². The summed E-state index contributed by atoms with van der Waals surface area (Å²) in [5.41, 5.74) is 0.789. The molecule has 2 rings (SSSR count). The predicted octanol–water partition coefficient (Wildman–Crippen LogP) is 2.09. The summed E-state index contributed by atoms with van der Waals surface area (Å²) in [6.07, 6.45) is 3.77. The first-order valence-electron chi connectivity index (χ1n) is 6.64. The molecule has 0 bridgehead atoms.